The van der Waals surface area contributed by atoms with Crippen molar-refractivity contribution in [3.63, 3.8) is 0 Å². The molecular formula is C16H16N3O5. The summed E-state index contributed by atoms with van der Waals surface area (Å²) in [7, 11) is 0. The van der Waals surface area contributed by atoms with Gasteiger partial charge in [0.15, 0.2) is 0 Å². The van der Waals surface area contributed by atoms with Crippen LogP contribution in [0.15, 0.2) is 42.5 Å². The Morgan fingerprint density at radius 1 is 0.875 bits per heavy atom. The predicted molar refractivity (Wildman–Crippen MR) is 88.1 cm³/mol. The van der Waals surface area contributed by atoms with Gasteiger partial charge in [0, 0.05) is 29.8 Å². The van der Waals surface area contributed by atoms with E-state index in [1.54, 1.807) is 20.8 Å². The first-order chi connectivity index (χ1) is 11.1. The van der Waals surface area contributed by atoms with Gasteiger partial charge < -0.3 is 0 Å². The van der Waals surface area contributed by atoms with Crippen LogP contribution >= 0.6 is 0 Å². The molecule has 0 spiro atoms. The third kappa shape index (κ3) is 3.49. The van der Waals surface area contributed by atoms with E-state index in [2.05, 4.69) is 0 Å². The number of nitrogens with zero attached hydrogens (tertiary/aromatic N) is 3. The van der Waals surface area contributed by atoms with Crippen LogP contribution in [0.2, 0.25) is 0 Å². The van der Waals surface area contributed by atoms with Crippen LogP contribution in [-0.4, -0.2) is 15.4 Å². The van der Waals surface area contributed by atoms with Crippen LogP contribution in [0.3, 0.4) is 0 Å². The lowest BCUT2D eigenvalue weighted by atomic mass is 9.99. The van der Waals surface area contributed by atoms with Gasteiger partial charge in [0.05, 0.1) is 21.1 Å². The molecule has 0 aromatic heterocycles. The van der Waals surface area contributed by atoms with Gasteiger partial charge in [-0.1, -0.05) is 5.21 Å². The molecule has 0 aliphatic heterocycles. The number of nitro groups is 2. The number of non-ortho nitro benzene ring substituents is 2. The van der Waals surface area contributed by atoms with Crippen molar-refractivity contribution in [1.82, 2.24) is 0 Å². The summed E-state index contributed by atoms with van der Waals surface area (Å²) >= 11 is 0. The Hall–Kier alpha value is -3.00. The first-order valence-corrected chi connectivity index (χ1v) is 7.12. The molecule has 0 atom stereocenters. The summed E-state index contributed by atoms with van der Waals surface area (Å²) in [6, 6.07) is 9.49. The van der Waals surface area contributed by atoms with Crippen molar-refractivity contribution in [3.8, 4) is 11.1 Å². The largest absolute Gasteiger partial charge is 0.270 e. The fourth-order valence-corrected chi connectivity index (χ4v) is 2.17. The maximum Gasteiger partial charge on any atom is 0.270 e. The average molecular weight is 330 g/mol. The molecular weight excluding hydrogens is 314 g/mol. The van der Waals surface area contributed by atoms with Crippen LogP contribution in [0.5, 0.6) is 0 Å². The Labute approximate surface area is 138 Å². The van der Waals surface area contributed by atoms with E-state index in [0.717, 1.165) is 5.06 Å². The zero-order chi connectivity index (χ0) is 18.1. The van der Waals surface area contributed by atoms with E-state index in [0.29, 0.717) is 11.1 Å². The second kappa shape index (κ2) is 6.25. The number of hydrogen-bond acceptors (Lipinski definition) is 5. The van der Waals surface area contributed by atoms with Crippen molar-refractivity contribution < 1.29 is 15.1 Å². The summed E-state index contributed by atoms with van der Waals surface area (Å²) in [6.07, 6.45) is 0. The lowest BCUT2D eigenvalue weighted by molar-refractivity contribution is -0.384. The number of hydrogen-bond donors (Lipinski definition) is 0. The monoisotopic (exact) mass is 330 g/mol. The fraction of sp³-hybridized carbons (Fsp3) is 0.250. The average Bonchev–Trinajstić information content (AvgIpc) is 2.52. The minimum Gasteiger partial charge on any atom is -0.258 e. The number of anilines is 1. The molecule has 0 aliphatic rings. The van der Waals surface area contributed by atoms with Crippen LogP contribution in [0.1, 0.15) is 20.8 Å². The molecule has 0 aliphatic carbocycles. The number of rotatable bonds is 4. The minimum absolute atomic E-state index is 0.0967. The summed E-state index contributed by atoms with van der Waals surface area (Å²) in [5.41, 5.74) is 0.108. The first kappa shape index (κ1) is 17.4. The topological polar surface area (TPSA) is 109 Å². The summed E-state index contributed by atoms with van der Waals surface area (Å²) in [6.45, 7) is 5.17. The van der Waals surface area contributed by atoms with E-state index in [9.17, 15) is 25.4 Å². The van der Waals surface area contributed by atoms with Gasteiger partial charge in [-0.2, -0.15) is 0 Å². The quantitative estimate of drug-likeness (QED) is 0.618. The van der Waals surface area contributed by atoms with Crippen LogP contribution in [0, 0.1) is 20.2 Å². The molecule has 0 saturated carbocycles. The smallest absolute Gasteiger partial charge is 0.258 e. The van der Waals surface area contributed by atoms with Crippen molar-refractivity contribution in [1.29, 1.82) is 0 Å². The van der Waals surface area contributed by atoms with Gasteiger partial charge in [0.1, 0.15) is 0 Å². The predicted octanol–water partition coefficient (Wildman–Crippen LogP) is 4.12. The first-order valence-electron chi connectivity index (χ1n) is 7.12. The zero-order valence-corrected chi connectivity index (χ0v) is 13.4. The Bertz CT molecular complexity index is 781. The highest BCUT2D eigenvalue weighted by atomic mass is 16.6. The molecule has 8 heteroatoms. The molecule has 1 radical (unpaired) electrons. The molecule has 0 N–H and O–H groups in total. The highest BCUT2D eigenvalue weighted by Crippen LogP contribution is 2.36. The highest BCUT2D eigenvalue weighted by molar-refractivity contribution is 5.80. The van der Waals surface area contributed by atoms with Gasteiger partial charge in [-0.15, -0.1) is 0 Å². The molecule has 125 valence electrons. The molecule has 0 unspecified atom stereocenters. The van der Waals surface area contributed by atoms with Crippen LogP contribution in [0.25, 0.3) is 11.1 Å². The third-order valence-electron chi connectivity index (χ3n) is 3.41. The Balaban J connectivity index is 2.62. The maximum atomic E-state index is 12.6. The normalized spacial score (nSPS) is 11.2. The molecule has 0 fully saturated rings. The lowest BCUT2D eigenvalue weighted by Gasteiger charge is -2.30. The van der Waals surface area contributed by atoms with Crippen LogP contribution in [-0.2, 0) is 5.21 Å². The SMILES string of the molecule is CC(C)(C)N([O])c1ccc([N+](=O)[O-])cc1-c1ccc([N+](=O)[O-])cc1. The van der Waals surface area contributed by atoms with Crippen LogP contribution < -0.4 is 5.06 Å². The van der Waals surface area contributed by atoms with Gasteiger partial charge in [-0.05, 0) is 44.5 Å². The molecule has 8 nitrogen and oxygen atoms in total. The lowest BCUT2D eigenvalue weighted by Crippen LogP contribution is -2.37. The summed E-state index contributed by atoms with van der Waals surface area (Å²) in [4.78, 5) is 20.7. The molecule has 0 bridgehead atoms. The molecule has 2 rings (SSSR count). The Kier molecular flexibility index (Phi) is 4.52. The number of nitro benzene ring substituents is 2. The summed E-state index contributed by atoms with van der Waals surface area (Å²) < 4.78 is 0. The van der Waals surface area contributed by atoms with E-state index in [1.807, 2.05) is 0 Å². The van der Waals surface area contributed by atoms with Gasteiger partial charge in [-0.3, -0.25) is 20.2 Å². The zero-order valence-electron chi connectivity index (χ0n) is 13.4. The maximum absolute atomic E-state index is 12.6. The van der Waals surface area contributed by atoms with E-state index in [-0.39, 0.29) is 17.1 Å². The molecule has 0 amide bonds. The van der Waals surface area contributed by atoms with Gasteiger partial charge >= 0.3 is 0 Å². The van der Waals surface area contributed by atoms with Crippen molar-refractivity contribution in [2.45, 2.75) is 26.3 Å². The second-order valence-electron chi connectivity index (χ2n) is 6.23. The van der Waals surface area contributed by atoms with E-state index < -0.39 is 15.4 Å². The molecule has 2 aromatic carbocycles. The summed E-state index contributed by atoms with van der Waals surface area (Å²) in [5.74, 6) is 0. The van der Waals surface area contributed by atoms with Gasteiger partial charge in [0.2, 0.25) is 0 Å². The standard InChI is InChI=1S/C16H16N3O5/c1-16(2,3)17(20)15-9-8-13(19(23)24)10-14(15)11-4-6-12(7-5-11)18(21)22/h4-10H,1-3H3. The Morgan fingerprint density at radius 3 is 1.83 bits per heavy atom. The highest BCUT2D eigenvalue weighted by Gasteiger charge is 2.26. The van der Waals surface area contributed by atoms with Gasteiger partial charge in [0.25, 0.3) is 11.4 Å². The number of hydroxylamine groups is 1. The van der Waals surface area contributed by atoms with Crippen molar-refractivity contribution >= 4 is 17.1 Å². The van der Waals surface area contributed by atoms with E-state index in [4.69, 9.17) is 0 Å². The van der Waals surface area contributed by atoms with E-state index >= 15 is 0 Å². The van der Waals surface area contributed by atoms with Crippen molar-refractivity contribution in [2.24, 2.45) is 0 Å². The third-order valence-corrected chi connectivity index (χ3v) is 3.41. The second-order valence-corrected chi connectivity index (χ2v) is 6.23. The molecule has 2 aromatic rings. The van der Waals surface area contributed by atoms with Crippen molar-refractivity contribution in [2.75, 3.05) is 5.06 Å². The molecule has 24 heavy (non-hydrogen) atoms. The number of benzene rings is 2. The fourth-order valence-electron chi connectivity index (χ4n) is 2.17. The van der Waals surface area contributed by atoms with E-state index in [1.165, 1.54) is 42.5 Å². The Morgan fingerprint density at radius 2 is 1.38 bits per heavy atom. The van der Waals surface area contributed by atoms with Crippen LogP contribution in [0.4, 0.5) is 17.1 Å². The van der Waals surface area contributed by atoms with Crippen molar-refractivity contribution in [3.05, 3.63) is 62.7 Å². The summed E-state index contributed by atoms with van der Waals surface area (Å²) in [5, 5.41) is 35.1. The molecule has 0 saturated heterocycles. The molecule has 0 heterocycles. The minimum atomic E-state index is -0.744. The van der Waals surface area contributed by atoms with Gasteiger partial charge in [-0.25, -0.2) is 5.06 Å².